The molecule has 1 unspecified atom stereocenters. The highest BCUT2D eigenvalue weighted by Gasteiger charge is 2.10. The second kappa shape index (κ2) is 8.66. The Balaban J connectivity index is 2.01. The van der Waals surface area contributed by atoms with Crippen LogP contribution in [0.1, 0.15) is 19.3 Å². The van der Waals surface area contributed by atoms with E-state index >= 15 is 0 Å². The summed E-state index contributed by atoms with van der Waals surface area (Å²) < 4.78 is 7.08. The molecule has 1 aromatic rings. The van der Waals surface area contributed by atoms with Gasteiger partial charge in [-0.05, 0) is 12.8 Å². The van der Waals surface area contributed by atoms with Crippen molar-refractivity contribution in [2.45, 2.75) is 31.9 Å². The smallest absolute Gasteiger partial charge is 0.222 e. The van der Waals surface area contributed by atoms with Crippen LogP contribution in [-0.2, 0) is 16.1 Å². The van der Waals surface area contributed by atoms with Crippen molar-refractivity contribution in [3.63, 3.8) is 0 Å². The molecule has 0 fully saturated rings. The molecule has 6 nitrogen and oxygen atoms in total. The predicted octanol–water partition coefficient (Wildman–Crippen LogP) is 0.143. The number of hydrogen-bond donors (Lipinski definition) is 2. The van der Waals surface area contributed by atoms with E-state index in [9.17, 15) is 4.79 Å². The number of nitrogens with one attached hydrogen (secondary N) is 1. The van der Waals surface area contributed by atoms with E-state index in [4.69, 9.17) is 10.5 Å². The van der Waals surface area contributed by atoms with Crippen LogP contribution in [-0.4, -0.2) is 41.8 Å². The molecule has 1 atom stereocenters. The predicted molar refractivity (Wildman–Crippen MR) is 68.9 cm³/mol. The van der Waals surface area contributed by atoms with Gasteiger partial charge in [0.2, 0.25) is 5.91 Å². The summed E-state index contributed by atoms with van der Waals surface area (Å²) in [5.74, 6) is -0.00469. The van der Waals surface area contributed by atoms with Gasteiger partial charge in [-0.3, -0.25) is 4.79 Å². The first-order valence-corrected chi connectivity index (χ1v) is 6.21. The van der Waals surface area contributed by atoms with Crippen molar-refractivity contribution in [1.29, 1.82) is 0 Å². The Morgan fingerprint density at radius 1 is 1.56 bits per heavy atom. The van der Waals surface area contributed by atoms with Crippen molar-refractivity contribution in [3.8, 4) is 0 Å². The lowest BCUT2D eigenvalue weighted by molar-refractivity contribution is -0.123. The maximum absolute atomic E-state index is 11.5. The van der Waals surface area contributed by atoms with Crippen LogP contribution in [0.15, 0.2) is 18.7 Å². The van der Waals surface area contributed by atoms with Crippen LogP contribution < -0.4 is 11.1 Å². The Bertz CT molecular complexity index is 323. The Morgan fingerprint density at radius 2 is 2.39 bits per heavy atom. The molecule has 3 N–H and O–H groups in total. The lowest BCUT2D eigenvalue weighted by atomic mass is 10.2. The average Bonchev–Trinajstić information content (AvgIpc) is 2.88. The number of hydrogen-bond acceptors (Lipinski definition) is 4. The highest BCUT2D eigenvalue weighted by atomic mass is 16.5. The van der Waals surface area contributed by atoms with E-state index in [1.165, 1.54) is 0 Å². The highest BCUT2D eigenvalue weighted by molar-refractivity contribution is 5.76. The lowest BCUT2D eigenvalue weighted by Gasteiger charge is -2.12. The van der Waals surface area contributed by atoms with Gasteiger partial charge in [0.1, 0.15) is 0 Å². The summed E-state index contributed by atoms with van der Waals surface area (Å²) in [5.41, 5.74) is 5.45. The Morgan fingerprint density at radius 3 is 3.00 bits per heavy atom. The van der Waals surface area contributed by atoms with Crippen molar-refractivity contribution in [2.75, 3.05) is 20.2 Å². The molecule has 0 radical (unpaired) electrons. The molecule has 1 rings (SSSR count). The van der Waals surface area contributed by atoms with Crippen LogP contribution >= 0.6 is 0 Å². The van der Waals surface area contributed by atoms with Crippen molar-refractivity contribution in [3.05, 3.63) is 18.7 Å². The van der Waals surface area contributed by atoms with Gasteiger partial charge in [-0.15, -0.1) is 0 Å². The second-order valence-corrected chi connectivity index (χ2v) is 4.16. The number of amides is 1. The van der Waals surface area contributed by atoms with E-state index in [1.54, 1.807) is 19.6 Å². The molecule has 6 heteroatoms. The maximum Gasteiger partial charge on any atom is 0.222 e. The van der Waals surface area contributed by atoms with Gasteiger partial charge in [-0.1, -0.05) is 0 Å². The SMILES string of the molecule is COC(CN)CC(=O)NCCCCn1ccnc1. The molecule has 102 valence electrons. The van der Waals surface area contributed by atoms with E-state index in [2.05, 4.69) is 10.3 Å². The molecule has 0 aliphatic rings. The van der Waals surface area contributed by atoms with Crippen molar-refractivity contribution in [2.24, 2.45) is 5.73 Å². The molecule has 0 bridgehead atoms. The summed E-state index contributed by atoms with van der Waals surface area (Å²) in [6.45, 7) is 1.98. The van der Waals surface area contributed by atoms with Gasteiger partial charge in [0.25, 0.3) is 0 Å². The van der Waals surface area contributed by atoms with Crippen LogP contribution in [0.25, 0.3) is 0 Å². The number of imidazole rings is 1. The molecule has 0 saturated carbocycles. The number of carbonyl (C=O) groups excluding carboxylic acids is 1. The number of rotatable bonds is 9. The minimum Gasteiger partial charge on any atom is -0.380 e. The fourth-order valence-corrected chi connectivity index (χ4v) is 1.61. The van der Waals surface area contributed by atoms with Gasteiger partial charge in [0.15, 0.2) is 0 Å². The molecular formula is C12H22N4O2. The first-order chi connectivity index (χ1) is 8.76. The van der Waals surface area contributed by atoms with Gasteiger partial charge in [-0.2, -0.15) is 0 Å². The van der Waals surface area contributed by atoms with Gasteiger partial charge >= 0.3 is 0 Å². The van der Waals surface area contributed by atoms with Crippen LogP contribution in [0, 0.1) is 0 Å². The zero-order valence-corrected chi connectivity index (χ0v) is 10.8. The fraction of sp³-hybridized carbons (Fsp3) is 0.667. The van der Waals surface area contributed by atoms with Crippen LogP contribution in [0.4, 0.5) is 0 Å². The third-order valence-corrected chi connectivity index (χ3v) is 2.73. The van der Waals surface area contributed by atoms with E-state index in [1.807, 2.05) is 10.8 Å². The molecule has 1 aromatic heterocycles. The lowest BCUT2D eigenvalue weighted by Crippen LogP contribution is -2.32. The van der Waals surface area contributed by atoms with Gasteiger partial charge < -0.3 is 20.4 Å². The zero-order valence-electron chi connectivity index (χ0n) is 10.8. The largest absolute Gasteiger partial charge is 0.380 e. The number of ether oxygens (including phenoxy) is 1. The molecule has 1 amide bonds. The summed E-state index contributed by atoms with van der Waals surface area (Å²) in [5, 5.41) is 2.86. The standard InChI is InChI=1S/C12H22N4O2/c1-18-11(9-13)8-12(17)15-4-2-3-6-16-7-5-14-10-16/h5,7,10-11H,2-4,6,8-9,13H2,1H3,(H,15,17). The van der Waals surface area contributed by atoms with Crippen LogP contribution in [0.2, 0.25) is 0 Å². The summed E-state index contributed by atoms with van der Waals surface area (Å²) in [7, 11) is 1.57. The van der Waals surface area contributed by atoms with E-state index in [-0.39, 0.29) is 12.0 Å². The minimum absolute atomic E-state index is 0.00469. The zero-order chi connectivity index (χ0) is 13.2. The Kier molecular flexibility index (Phi) is 7.05. The molecule has 0 aliphatic heterocycles. The number of aromatic nitrogens is 2. The van der Waals surface area contributed by atoms with Crippen LogP contribution in [0.5, 0.6) is 0 Å². The third-order valence-electron chi connectivity index (χ3n) is 2.73. The van der Waals surface area contributed by atoms with Gasteiger partial charge in [0.05, 0.1) is 18.9 Å². The number of unbranched alkanes of at least 4 members (excludes halogenated alkanes) is 1. The summed E-state index contributed by atoms with van der Waals surface area (Å²) >= 11 is 0. The number of aryl methyl sites for hydroxylation is 1. The van der Waals surface area contributed by atoms with Crippen LogP contribution in [0.3, 0.4) is 0 Å². The molecule has 0 saturated heterocycles. The molecule has 0 aliphatic carbocycles. The fourth-order valence-electron chi connectivity index (χ4n) is 1.61. The number of nitrogens with two attached hydrogens (primary N) is 1. The Hall–Kier alpha value is -1.40. The first-order valence-electron chi connectivity index (χ1n) is 6.21. The maximum atomic E-state index is 11.5. The topological polar surface area (TPSA) is 82.2 Å². The van der Waals surface area contributed by atoms with E-state index in [0.717, 1.165) is 19.4 Å². The molecule has 1 heterocycles. The molecule has 0 aromatic carbocycles. The van der Waals surface area contributed by atoms with Gasteiger partial charge in [0, 0.05) is 39.1 Å². The summed E-state index contributed by atoms with van der Waals surface area (Å²) in [6, 6.07) is 0. The quantitative estimate of drug-likeness (QED) is 0.614. The second-order valence-electron chi connectivity index (χ2n) is 4.16. The molecular weight excluding hydrogens is 232 g/mol. The van der Waals surface area contributed by atoms with Gasteiger partial charge in [-0.25, -0.2) is 4.98 Å². The van der Waals surface area contributed by atoms with Crippen molar-refractivity contribution < 1.29 is 9.53 Å². The minimum atomic E-state index is -0.184. The Labute approximate surface area is 108 Å². The van der Waals surface area contributed by atoms with E-state index in [0.29, 0.717) is 19.5 Å². The van der Waals surface area contributed by atoms with Crippen molar-refractivity contribution in [1.82, 2.24) is 14.9 Å². The monoisotopic (exact) mass is 254 g/mol. The summed E-state index contributed by atoms with van der Waals surface area (Å²) in [6.07, 6.45) is 7.60. The third kappa shape index (κ3) is 5.79. The number of nitrogens with zero attached hydrogens (tertiary/aromatic N) is 2. The van der Waals surface area contributed by atoms with Crippen molar-refractivity contribution >= 4 is 5.91 Å². The first kappa shape index (κ1) is 14.7. The van der Waals surface area contributed by atoms with E-state index < -0.39 is 0 Å². The average molecular weight is 254 g/mol. The number of methoxy groups -OCH3 is 1. The molecule has 0 spiro atoms. The highest BCUT2D eigenvalue weighted by Crippen LogP contribution is 1.96. The summed E-state index contributed by atoms with van der Waals surface area (Å²) in [4.78, 5) is 15.5. The number of carbonyl (C=O) groups is 1. The normalized spacial score (nSPS) is 12.3. The molecule has 18 heavy (non-hydrogen) atoms.